The van der Waals surface area contributed by atoms with Gasteiger partial charge in [0.05, 0.1) is 17.7 Å². The smallest absolute Gasteiger partial charge is 0.0944 e. The lowest BCUT2D eigenvalue weighted by Crippen LogP contribution is -2.19. The zero-order valence-corrected chi connectivity index (χ0v) is 11.9. The lowest BCUT2D eigenvalue weighted by Gasteiger charge is -2.29. The molecule has 0 fully saturated rings. The van der Waals surface area contributed by atoms with Gasteiger partial charge < -0.3 is 0 Å². The van der Waals surface area contributed by atoms with Crippen LogP contribution in [0.25, 0.3) is 0 Å². The lowest BCUT2D eigenvalue weighted by atomic mass is 10.2. The molecular formula is C16H16N2S. The zero-order valence-electron chi connectivity index (χ0n) is 11.1. The first-order chi connectivity index (χ1) is 9.25. The topological polar surface area (TPSA) is 15.6 Å². The van der Waals surface area contributed by atoms with Crippen LogP contribution < -0.4 is 4.90 Å². The molecule has 3 rings (SSSR count). The van der Waals surface area contributed by atoms with E-state index >= 15 is 0 Å². The van der Waals surface area contributed by atoms with Crippen LogP contribution in [0.5, 0.6) is 0 Å². The molecule has 0 saturated heterocycles. The number of nitrogens with zero attached hydrogens (tertiary/aromatic N) is 2. The maximum atomic E-state index is 4.54. The summed E-state index contributed by atoms with van der Waals surface area (Å²) in [6.45, 7) is 4.18. The molecule has 1 aliphatic heterocycles. The molecule has 0 radical (unpaired) electrons. The number of para-hydroxylation sites is 2. The van der Waals surface area contributed by atoms with Crippen LogP contribution in [0.4, 0.5) is 11.4 Å². The summed E-state index contributed by atoms with van der Waals surface area (Å²) in [4.78, 5) is 9.27. The summed E-state index contributed by atoms with van der Waals surface area (Å²) >= 11 is 1.82. The maximum absolute atomic E-state index is 4.54. The fraction of sp³-hybridized carbons (Fsp3) is 0.188. The molecule has 1 aliphatic rings. The summed E-state index contributed by atoms with van der Waals surface area (Å²) in [6.07, 6.45) is 1.95. The molecule has 0 atom stereocenters. The third-order valence-corrected chi connectivity index (χ3v) is 4.08. The van der Waals surface area contributed by atoms with Crippen LogP contribution in [-0.4, -0.2) is 12.4 Å². The monoisotopic (exact) mass is 268 g/mol. The molecule has 1 heterocycles. The Kier molecular flexibility index (Phi) is 3.30. The molecule has 2 aromatic carbocycles. The van der Waals surface area contributed by atoms with Crippen LogP contribution in [-0.2, 0) is 0 Å². The maximum Gasteiger partial charge on any atom is 0.0944 e. The van der Waals surface area contributed by atoms with Crippen molar-refractivity contribution in [3.63, 3.8) is 0 Å². The van der Waals surface area contributed by atoms with Crippen molar-refractivity contribution in [2.75, 3.05) is 4.90 Å². The molecule has 0 spiro atoms. The zero-order chi connectivity index (χ0) is 13.2. The summed E-state index contributed by atoms with van der Waals surface area (Å²) in [7, 11) is 0. The first-order valence-electron chi connectivity index (χ1n) is 6.44. The summed E-state index contributed by atoms with van der Waals surface area (Å²) in [5.74, 6) is 0. The Hall–Kier alpha value is -1.74. The van der Waals surface area contributed by atoms with Gasteiger partial charge in [-0.3, -0.25) is 9.89 Å². The van der Waals surface area contributed by atoms with E-state index in [1.807, 2.05) is 18.1 Å². The van der Waals surface area contributed by atoms with Crippen molar-refractivity contribution in [2.45, 2.75) is 29.7 Å². The van der Waals surface area contributed by atoms with Crippen molar-refractivity contribution < 1.29 is 0 Å². The molecule has 0 amide bonds. The van der Waals surface area contributed by atoms with E-state index in [2.05, 4.69) is 72.3 Å². The van der Waals surface area contributed by atoms with E-state index < -0.39 is 0 Å². The first kappa shape index (κ1) is 12.3. The molecule has 2 nitrogen and oxygen atoms in total. The highest BCUT2D eigenvalue weighted by Gasteiger charge is 2.21. The minimum absolute atomic E-state index is 0.300. The average Bonchev–Trinajstić information content (AvgIpc) is 2.43. The van der Waals surface area contributed by atoms with Crippen molar-refractivity contribution in [1.29, 1.82) is 0 Å². The van der Waals surface area contributed by atoms with Crippen molar-refractivity contribution >= 4 is 29.5 Å². The second-order valence-electron chi connectivity index (χ2n) is 4.77. The van der Waals surface area contributed by atoms with Gasteiger partial charge in [-0.05, 0) is 38.1 Å². The van der Waals surface area contributed by atoms with Crippen LogP contribution in [0.3, 0.4) is 0 Å². The van der Waals surface area contributed by atoms with Gasteiger partial charge in [-0.2, -0.15) is 0 Å². The summed E-state index contributed by atoms with van der Waals surface area (Å²) in [5, 5.41) is 0. The summed E-state index contributed by atoms with van der Waals surface area (Å²) in [6, 6.07) is 17.2. The average molecular weight is 268 g/mol. The van der Waals surface area contributed by atoms with E-state index in [1.165, 1.54) is 21.2 Å². The Morgan fingerprint density at radius 2 is 1.47 bits per heavy atom. The molecule has 0 unspecified atom stereocenters. The van der Waals surface area contributed by atoms with Gasteiger partial charge in [-0.15, -0.1) is 0 Å². The van der Waals surface area contributed by atoms with Gasteiger partial charge in [0.25, 0.3) is 0 Å². The summed E-state index contributed by atoms with van der Waals surface area (Å²) < 4.78 is 0. The molecule has 2 aromatic rings. The molecule has 0 saturated carbocycles. The van der Waals surface area contributed by atoms with Crippen molar-refractivity contribution in [1.82, 2.24) is 0 Å². The third kappa shape index (κ3) is 2.38. The number of hydrogen-bond donors (Lipinski definition) is 0. The van der Waals surface area contributed by atoms with Gasteiger partial charge in [0.1, 0.15) is 0 Å². The van der Waals surface area contributed by atoms with Gasteiger partial charge in [-0.1, -0.05) is 36.0 Å². The van der Waals surface area contributed by atoms with E-state index in [-0.39, 0.29) is 0 Å². The molecule has 19 heavy (non-hydrogen) atoms. The van der Waals surface area contributed by atoms with Gasteiger partial charge in [0.15, 0.2) is 0 Å². The molecule has 0 N–H and O–H groups in total. The third-order valence-electron chi connectivity index (χ3n) is 2.95. The first-order valence-corrected chi connectivity index (χ1v) is 7.26. The second kappa shape index (κ2) is 5.10. The van der Waals surface area contributed by atoms with E-state index in [4.69, 9.17) is 0 Å². The molecular weight excluding hydrogens is 252 g/mol. The number of fused-ring (bicyclic) bond motifs is 2. The largest absolute Gasteiger partial charge is 0.299 e. The molecule has 3 heteroatoms. The highest BCUT2D eigenvalue weighted by molar-refractivity contribution is 7.99. The minimum atomic E-state index is 0.300. The van der Waals surface area contributed by atoms with Crippen LogP contribution in [0.15, 0.2) is 63.3 Å². The highest BCUT2D eigenvalue weighted by atomic mass is 32.2. The predicted octanol–water partition coefficient (Wildman–Crippen LogP) is 4.73. The Labute approximate surface area is 118 Å². The Balaban J connectivity index is 2.11. The van der Waals surface area contributed by atoms with Crippen LogP contribution in [0.2, 0.25) is 0 Å². The SMILES string of the molecule is CC(C)N=CN1c2ccccc2Sc2ccccc21. The Bertz CT molecular complexity index is 574. The van der Waals surface area contributed by atoms with Gasteiger partial charge in [0, 0.05) is 15.8 Å². The number of hydrogen-bond acceptors (Lipinski definition) is 2. The van der Waals surface area contributed by atoms with E-state index in [1.54, 1.807) is 0 Å². The molecule has 0 bridgehead atoms. The van der Waals surface area contributed by atoms with Crippen LogP contribution in [0, 0.1) is 0 Å². The normalized spacial score (nSPS) is 13.7. The quantitative estimate of drug-likeness (QED) is 0.578. The van der Waals surface area contributed by atoms with Crippen molar-refractivity contribution in [2.24, 2.45) is 4.99 Å². The standard InChI is InChI=1S/C16H16N2S/c1-12(2)17-11-18-13-7-3-5-9-15(13)19-16-10-6-4-8-14(16)18/h3-12H,1-2H3. The predicted molar refractivity (Wildman–Crippen MR) is 82.8 cm³/mol. The molecule has 0 aromatic heterocycles. The van der Waals surface area contributed by atoms with E-state index in [0.29, 0.717) is 6.04 Å². The van der Waals surface area contributed by atoms with E-state index in [9.17, 15) is 0 Å². The minimum Gasteiger partial charge on any atom is -0.299 e. The number of rotatable bonds is 2. The summed E-state index contributed by atoms with van der Waals surface area (Å²) in [5.41, 5.74) is 2.41. The van der Waals surface area contributed by atoms with Crippen molar-refractivity contribution in [3.05, 3.63) is 48.5 Å². The second-order valence-corrected chi connectivity index (χ2v) is 5.85. The van der Waals surface area contributed by atoms with Gasteiger partial charge >= 0.3 is 0 Å². The number of aliphatic imine (C=N–C) groups is 1. The van der Waals surface area contributed by atoms with E-state index in [0.717, 1.165) is 0 Å². The fourth-order valence-electron chi connectivity index (χ4n) is 2.06. The Morgan fingerprint density at radius 1 is 0.947 bits per heavy atom. The van der Waals surface area contributed by atoms with Crippen LogP contribution in [0.1, 0.15) is 13.8 Å². The number of benzene rings is 2. The van der Waals surface area contributed by atoms with Gasteiger partial charge in [-0.25, -0.2) is 0 Å². The Morgan fingerprint density at radius 3 is 2.00 bits per heavy atom. The van der Waals surface area contributed by atoms with Gasteiger partial charge in [0.2, 0.25) is 0 Å². The fourth-order valence-corrected chi connectivity index (χ4v) is 3.13. The lowest BCUT2D eigenvalue weighted by molar-refractivity contribution is 0.838. The number of anilines is 2. The van der Waals surface area contributed by atoms with Crippen LogP contribution >= 0.6 is 11.8 Å². The molecule has 0 aliphatic carbocycles. The highest BCUT2D eigenvalue weighted by Crippen LogP contribution is 2.47. The van der Waals surface area contributed by atoms with Crippen molar-refractivity contribution in [3.8, 4) is 0 Å². The molecule has 96 valence electrons.